The van der Waals surface area contributed by atoms with Gasteiger partial charge in [0, 0.05) is 51.0 Å². The zero-order chi connectivity index (χ0) is 13.9. The zero-order valence-corrected chi connectivity index (χ0v) is 12.9. The highest BCUT2D eigenvalue weighted by Gasteiger charge is 2.25. The molecule has 2 saturated heterocycles. The van der Waals surface area contributed by atoms with Crippen molar-refractivity contribution in [1.82, 2.24) is 10.2 Å². The van der Waals surface area contributed by atoms with Gasteiger partial charge in [-0.25, -0.2) is 0 Å². The lowest BCUT2D eigenvalue weighted by Gasteiger charge is -2.41. The Bertz CT molecular complexity index is 423. The van der Waals surface area contributed by atoms with Gasteiger partial charge in [-0.2, -0.15) is 0 Å². The lowest BCUT2D eigenvalue weighted by atomic mass is 10.0. The normalized spacial score (nSPS) is 22.2. The summed E-state index contributed by atoms with van der Waals surface area (Å²) in [7, 11) is 0. The number of piperazine rings is 1. The van der Waals surface area contributed by atoms with E-state index >= 15 is 0 Å². The van der Waals surface area contributed by atoms with Crippen LogP contribution in [0.25, 0.3) is 0 Å². The van der Waals surface area contributed by atoms with E-state index in [0.717, 1.165) is 19.1 Å². The van der Waals surface area contributed by atoms with Crippen LogP contribution >= 0.6 is 0 Å². The number of anilines is 1. The van der Waals surface area contributed by atoms with Crippen molar-refractivity contribution in [3.8, 4) is 0 Å². The molecule has 2 aliphatic rings. The van der Waals surface area contributed by atoms with Crippen LogP contribution in [0.5, 0.6) is 0 Å². The minimum atomic E-state index is 0.805. The molecule has 2 fully saturated rings. The summed E-state index contributed by atoms with van der Waals surface area (Å²) in [5.41, 5.74) is 4.18. The Morgan fingerprint density at radius 3 is 2.10 bits per heavy atom. The van der Waals surface area contributed by atoms with Gasteiger partial charge in [0.2, 0.25) is 0 Å². The van der Waals surface area contributed by atoms with Crippen LogP contribution in [-0.4, -0.2) is 50.2 Å². The number of nitrogens with zero attached hydrogens (tertiary/aromatic N) is 2. The maximum Gasteiger partial charge on any atom is 0.0371 e. The molecular formula is C17H27N3. The van der Waals surface area contributed by atoms with Crippen LogP contribution < -0.4 is 10.2 Å². The largest absolute Gasteiger partial charge is 0.371 e. The van der Waals surface area contributed by atoms with Gasteiger partial charge in [-0.3, -0.25) is 4.90 Å². The van der Waals surface area contributed by atoms with Gasteiger partial charge in [-0.1, -0.05) is 6.07 Å². The summed E-state index contributed by atoms with van der Waals surface area (Å²) in [5, 5.41) is 3.45. The van der Waals surface area contributed by atoms with Crippen molar-refractivity contribution < 1.29 is 0 Å². The Kier molecular flexibility index (Phi) is 4.27. The van der Waals surface area contributed by atoms with Crippen molar-refractivity contribution in [3.63, 3.8) is 0 Å². The highest BCUT2D eigenvalue weighted by molar-refractivity contribution is 5.51. The van der Waals surface area contributed by atoms with E-state index in [9.17, 15) is 0 Å². The molecule has 0 bridgehead atoms. The van der Waals surface area contributed by atoms with E-state index in [1.807, 2.05) is 0 Å². The molecule has 0 aromatic heterocycles. The van der Waals surface area contributed by atoms with Crippen LogP contribution in [0.2, 0.25) is 0 Å². The fourth-order valence-corrected chi connectivity index (χ4v) is 3.67. The molecule has 0 radical (unpaired) electrons. The average Bonchev–Trinajstić information content (AvgIpc) is 2.47. The van der Waals surface area contributed by atoms with Crippen molar-refractivity contribution in [1.29, 1.82) is 0 Å². The molecule has 1 aromatic carbocycles. The predicted molar refractivity (Wildman–Crippen MR) is 85.6 cm³/mol. The molecule has 0 aliphatic carbocycles. The molecule has 110 valence electrons. The molecule has 0 amide bonds. The highest BCUT2D eigenvalue weighted by Crippen LogP contribution is 2.24. The highest BCUT2D eigenvalue weighted by atomic mass is 15.2. The van der Waals surface area contributed by atoms with Crippen molar-refractivity contribution in [3.05, 3.63) is 29.3 Å². The first-order valence-corrected chi connectivity index (χ1v) is 8.00. The molecule has 1 aromatic rings. The van der Waals surface area contributed by atoms with Crippen LogP contribution in [0.3, 0.4) is 0 Å². The molecule has 2 aliphatic heterocycles. The summed E-state index contributed by atoms with van der Waals surface area (Å²) in [4.78, 5) is 5.26. The second-order valence-electron chi connectivity index (χ2n) is 6.35. The van der Waals surface area contributed by atoms with E-state index in [1.165, 1.54) is 55.8 Å². The third kappa shape index (κ3) is 3.15. The van der Waals surface area contributed by atoms with Gasteiger partial charge < -0.3 is 10.2 Å². The van der Waals surface area contributed by atoms with Crippen LogP contribution in [-0.2, 0) is 0 Å². The van der Waals surface area contributed by atoms with E-state index in [2.05, 4.69) is 47.2 Å². The number of aryl methyl sites for hydroxylation is 2. The third-order valence-corrected chi connectivity index (χ3v) is 4.70. The van der Waals surface area contributed by atoms with E-state index in [-0.39, 0.29) is 0 Å². The van der Waals surface area contributed by atoms with Gasteiger partial charge in [-0.15, -0.1) is 0 Å². The molecule has 0 unspecified atom stereocenters. The van der Waals surface area contributed by atoms with Gasteiger partial charge in [0.25, 0.3) is 0 Å². The number of hydrogen-bond acceptors (Lipinski definition) is 3. The van der Waals surface area contributed by atoms with Gasteiger partial charge >= 0.3 is 0 Å². The van der Waals surface area contributed by atoms with Crippen molar-refractivity contribution in [2.24, 2.45) is 0 Å². The Morgan fingerprint density at radius 1 is 0.900 bits per heavy atom. The lowest BCUT2D eigenvalue weighted by molar-refractivity contribution is 0.150. The van der Waals surface area contributed by atoms with Crippen molar-refractivity contribution in [2.45, 2.75) is 32.7 Å². The van der Waals surface area contributed by atoms with Crippen LogP contribution in [0.1, 0.15) is 24.0 Å². The molecule has 20 heavy (non-hydrogen) atoms. The number of nitrogens with one attached hydrogen (secondary N) is 1. The average molecular weight is 273 g/mol. The first kappa shape index (κ1) is 13.9. The number of rotatable bonds is 2. The second kappa shape index (κ2) is 6.15. The summed E-state index contributed by atoms with van der Waals surface area (Å²) >= 11 is 0. The Labute approximate surface area is 123 Å². The molecule has 0 spiro atoms. The van der Waals surface area contributed by atoms with E-state index in [1.54, 1.807) is 0 Å². The van der Waals surface area contributed by atoms with Crippen molar-refractivity contribution >= 4 is 5.69 Å². The van der Waals surface area contributed by atoms with Gasteiger partial charge in [0.1, 0.15) is 0 Å². The zero-order valence-electron chi connectivity index (χ0n) is 12.9. The molecule has 2 heterocycles. The van der Waals surface area contributed by atoms with Gasteiger partial charge in [0.15, 0.2) is 0 Å². The quantitative estimate of drug-likeness (QED) is 0.891. The summed E-state index contributed by atoms with van der Waals surface area (Å²) in [5.74, 6) is 0. The molecule has 0 saturated carbocycles. The standard InChI is InChI=1S/C17H27N3/c1-14-11-15(2)13-17(12-14)19-7-3-16(4-8-19)20-9-5-18-6-10-20/h11-13,16,18H,3-10H2,1-2H3. The minimum absolute atomic E-state index is 0.805. The molecule has 3 heteroatoms. The molecule has 1 N–H and O–H groups in total. The topological polar surface area (TPSA) is 18.5 Å². The van der Waals surface area contributed by atoms with E-state index in [4.69, 9.17) is 0 Å². The predicted octanol–water partition coefficient (Wildman–Crippen LogP) is 2.18. The minimum Gasteiger partial charge on any atom is -0.371 e. The summed E-state index contributed by atoms with van der Waals surface area (Å²) < 4.78 is 0. The van der Waals surface area contributed by atoms with Gasteiger partial charge in [-0.05, 0) is 49.9 Å². The third-order valence-electron chi connectivity index (χ3n) is 4.70. The molecule has 3 rings (SSSR count). The molecule has 0 atom stereocenters. The maximum atomic E-state index is 3.45. The monoisotopic (exact) mass is 273 g/mol. The Hall–Kier alpha value is -1.06. The van der Waals surface area contributed by atoms with Crippen LogP contribution in [0.4, 0.5) is 5.69 Å². The fraction of sp³-hybridized carbons (Fsp3) is 0.647. The fourth-order valence-electron chi connectivity index (χ4n) is 3.67. The van der Waals surface area contributed by atoms with Crippen molar-refractivity contribution in [2.75, 3.05) is 44.2 Å². The second-order valence-corrected chi connectivity index (χ2v) is 6.35. The number of piperidine rings is 1. The van der Waals surface area contributed by atoms with Crippen LogP contribution in [0.15, 0.2) is 18.2 Å². The summed E-state index contributed by atoms with van der Waals surface area (Å²) in [6.07, 6.45) is 2.62. The molecule has 3 nitrogen and oxygen atoms in total. The summed E-state index contributed by atoms with van der Waals surface area (Å²) in [6, 6.07) is 7.73. The van der Waals surface area contributed by atoms with Crippen LogP contribution in [0, 0.1) is 13.8 Å². The Morgan fingerprint density at radius 2 is 1.50 bits per heavy atom. The first-order valence-electron chi connectivity index (χ1n) is 8.00. The summed E-state index contributed by atoms with van der Waals surface area (Å²) in [6.45, 7) is 11.6. The number of benzene rings is 1. The smallest absolute Gasteiger partial charge is 0.0371 e. The van der Waals surface area contributed by atoms with Gasteiger partial charge in [0.05, 0.1) is 0 Å². The lowest BCUT2D eigenvalue weighted by Crippen LogP contribution is -2.52. The molecular weight excluding hydrogens is 246 g/mol. The first-order chi connectivity index (χ1) is 9.72. The van der Waals surface area contributed by atoms with E-state index in [0.29, 0.717) is 0 Å². The number of hydrogen-bond donors (Lipinski definition) is 1. The Balaban J connectivity index is 1.60. The SMILES string of the molecule is Cc1cc(C)cc(N2CCC(N3CCNCC3)CC2)c1. The van der Waals surface area contributed by atoms with E-state index < -0.39 is 0 Å². The maximum absolute atomic E-state index is 3.45.